The minimum absolute atomic E-state index is 0.0406. The van der Waals surface area contributed by atoms with Crippen LogP contribution in [0.15, 0.2) is 47.4 Å². The van der Waals surface area contributed by atoms with Crippen LogP contribution in [-0.4, -0.2) is 54.2 Å². The molecule has 1 N–H and O–H groups in total. The van der Waals surface area contributed by atoms with Crippen molar-refractivity contribution < 1.29 is 27.5 Å². The van der Waals surface area contributed by atoms with Crippen molar-refractivity contribution in [3.63, 3.8) is 0 Å². The normalized spacial score (nSPS) is 22.3. The zero-order valence-corrected chi connectivity index (χ0v) is 22.6. The van der Waals surface area contributed by atoms with E-state index >= 15 is 0 Å². The lowest BCUT2D eigenvalue weighted by molar-refractivity contribution is -0.149. The third-order valence-corrected chi connectivity index (χ3v) is 9.37. The van der Waals surface area contributed by atoms with Crippen LogP contribution in [0.25, 0.3) is 0 Å². The van der Waals surface area contributed by atoms with Gasteiger partial charge in [0.05, 0.1) is 24.8 Å². The van der Waals surface area contributed by atoms with E-state index in [-0.39, 0.29) is 52.0 Å². The fourth-order valence-corrected chi connectivity index (χ4v) is 7.06. The molecule has 0 bridgehead atoms. The van der Waals surface area contributed by atoms with E-state index in [0.717, 1.165) is 30.0 Å². The maximum atomic E-state index is 13.7. The number of hydrogen-bond donors (Lipinski definition) is 1. The summed E-state index contributed by atoms with van der Waals surface area (Å²) in [6, 6.07) is 10.5. The van der Waals surface area contributed by atoms with E-state index in [2.05, 4.69) is 5.32 Å². The van der Waals surface area contributed by atoms with Crippen LogP contribution in [0.3, 0.4) is 0 Å². The molecule has 3 aliphatic rings. The molecule has 2 fully saturated rings. The van der Waals surface area contributed by atoms with Crippen molar-refractivity contribution in [3.8, 4) is 0 Å². The highest BCUT2D eigenvalue weighted by Crippen LogP contribution is 2.37. The largest absolute Gasteiger partial charge is 0.466 e. The molecule has 2 aromatic carbocycles. The fourth-order valence-electron chi connectivity index (χ4n) is 5.32. The summed E-state index contributed by atoms with van der Waals surface area (Å²) < 4.78 is 32.4. The van der Waals surface area contributed by atoms with Gasteiger partial charge in [0, 0.05) is 22.7 Å². The molecule has 0 atom stereocenters. The van der Waals surface area contributed by atoms with Gasteiger partial charge in [-0.1, -0.05) is 23.7 Å². The predicted octanol–water partition coefficient (Wildman–Crippen LogP) is 4.80. The Bertz CT molecular complexity index is 1370. The van der Waals surface area contributed by atoms with Gasteiger partial charge in [0.2, 0.25) is 0 Å². The van der Waals surface area contributed by atoms with Gasteiger partial charge in [-0.05, 0) is 81.3 Å². The third-order valence-electron chi connectivity index (χ3n) is 7.36. The Morgan fingerprint density at radius 2 is 1.74 bits per heavy atom. The third kappa shape index (κ3) is 5.24. The van der Waals surface area contributed by atoms with Crippen molar-refractivity contribution in [1.82, 2.24) is 9.21 Å². The molecule has 2 aromatic rings. The number of ether oxygens (including phenoxy) is 1. The minimum Gasteiger partial charge on any atom is -0.466 e. The van der Waals surface area contributed by atoms with Crippen LogP contribution in [0.1, 0.15) is 61.4 Å². The number of anilines is 1. The van der Waals surface area contributed by atoms with E-state index in [4.69, 9.17) is 16.3 Å². The highest BCUT2D eigenvalue weighted by atomic mass is 35.5. The van der Waals surface area contributed by atoms with Crippen molar-refractivity contribution in [2.75, 3.05) is 11.9 Å². The Hall–Kier alpha value is -3.11. The molecule has 1 heterocycles. The Balaban J connectivity index is 1.33. The first-order valence-corrected chi connectivity index (χ1v) is 14.7. The second kappa shape index (κ2) is 10.6. The number of sulfonamides is 1. The summed E-state index contributed by atoms with van der Waals surface area (Å²) in [6.07, 6.45) is 4.73. The van der Waals surface area contributed by atoms with E-state index in [1.165, 1.54) is 18.2 Å². The van der Waals surface area contributed by atoms with Gasteiger partial charge in [-0.2, -0.15) is 0 Å². The summed E-state index contributed by atoms with van der Waals surface area (Å²) in [5.74, 6) is -0.398. The van der Waals surface area contributed by atoms with Gasteiger partial charge >= 0.3 is 12.0 Å². The van der Waals surface area contributed by atoms with Crippen LogP contribution >= 0.6 is 11.6 Å². The fraction of sp³-hybridized carbons (Fsp3) is 0.444. The standard InChI is InChI=1S/C27H30ClN3O6S/c1-2-37-26(33)18-6-9-21(10-7-18)31(22-11-12-22)25(32)19-5-3-4-17(14-19)16-30-27(34)29-23-13-8-20(28)15-24(23)38(30,35)36/h3-5,8,13-15,18,21-22H,2,6-7,9-12,16H2,1H3,(H,29,34). The van der Waals surface area contributed by atoms with Crippen LogP contribution in [0.2, 0.25) is 5.02 Å². The molecule has 202 valence electrons. The van der Waals surface area contributed by atoms with Gasteiger partial charge in [-0.15, -0.1) is 0 Å². The molecule has 1 aliphatic heterocycles. The van der Waals surface area contributed by atoms with Crippen LogP contribution in [0.5, 0.6) is 0 Å². The first-order chi connectivity index (χ1) is 18.2. The Morgan fingerprint density at radius 1 is 1.05 bits per heavy atom. The monoisotopic (exact) mass is 559 g/mol. The van der Waals surface area contributed by atoms with Gasteiger partial charge in [0.25, 0.3) is 15.9 Å². The van der Waals surface area contributed by atoms with E-state index in [0.29, 0.717) is 30.6 Å². The van der Waals surface area contributed by atoms with Gasteiger partial charge in [-0.25, -0.2) is 17.5 Å². The lowest BCUT2D eigenvalue weighted by atomic mass is 9.85. The zero-order chi connectivity index (χ0) is 27.0. The molecule has 0 radical (unpaired) electrons. The topological polar surface area (TPSA) is 113 Å². The maximum Gasteiger partial charge on any atom is 0.336 e. The van der Waals surface area contributed by atoms with Gasteiger partial charge in [0.1, 0.15) is 4.90 Å². The number of urea groups is 1. The number of fused-ring (bicyclic) bond motifs is 1. The molecule has 5 rings (SSSR count). The van der Waals surface area contributed by atoms with E-state index in [9.17, 15) is 22.8 Å². The molecular weight excluding hydrogens is 530 g/mol. The summed E-state index contributed by atoms with van der Waals surface area (Å²) >= 11 is 6.00. The number of carbonyl (C=O) groups excluding carboxylic acids is 3. The molecule has 0 unspecified atom stereocenters. The number of hydrogen-bond acceptors (Lipinski definition) is 6. The van der Waals surface area contributed by atoms with Crippen molar-refractivity contribution in [1.29, 1.82) is 0 Å². The maximum absolute atomic E-state index is 13.7. The number of halogens is 1. The van der Waals surface area contributed by atoms with Crippen molar-refractivity contribution in [3.05, 3.63) is 58.6 Å². The van der Waals surface area contributed by atoms with Crippen LogP contribution in [0, 0.1) is 5.92 Å². The predicted molar refractivity (Wildman–Crippen MR) is 141 cm³/mol. The highest BCUT2D eigenvalue weighted by Gasteiger charge is 2.41. The number of nitrogens with zero attached hydrogens (tertiary/aromatic N) is 2. The number of benzene rings is 2. The van der Waals surface area contributed by atoms with Crippen LogP contribution in [-0.2, 0) is 26.1 Å². The van der Waals surface area contributed by atoms with Gasteiger partial charge in [0.15, 0.2) is 0 Å². The molecule has 9 nitrogen and oxygen atoms in total. The average Bonchev–Trinajstić information content (AvgIpc) is 3.73. The molecule has 0 aromatic heterocycles. The second-order valence-corrected chi connectivity index (χ2v) is 12.3. The highest BCUT2D eigenvalue weighted by molar-refractivity contribution is 7.90. The van der Waals surface area contributed by atoms with Crippen LogP contribution in [0.4, 0.5) is 10.5 Å². The molecular formula is C27H30ClN3O6S. The molecule has 2 saturated carbocycles. The summed E-state index contributed by atoms with van der Waals surface area (Å²) in [5, 5.41) is 2.84. The van der Waals surface area contributed by atoms with E-state index in [1.807, 2.05) is 4.90 Å². The number of rotatable bonds is 7. The SMILES string of the molecule is CCOC(=O)C1CCC(N(C(=O)c2cccc(CN3C(=O)Nc4ccc(Cl)cc4S3(=O)=O)c2)C2CC2)CC1. The van der Waals surface area contributed by atoms with Crippen molar-refractivity contribution >= 4 is 45.2 Å². The summed E-state index contributed by atoms with van der Waals surface area (Å²) in [7, 11) is -4.14. The second-order valence-electron chi connectivity index (χ2n) is 9.98. The lowest BCUT2D eigenvalue weighted by Crippen LogP contribution is -2.45. The zero-order valence-electron chi connectivity index (χ0n) is 21.1. The quantitative estimate of drug-likeness (QED) is 0.487. The minimum atomic E-state index is -4.14. The number of nitrogens with one attached hydrogen (secondary N) is 1. The molecule has 0 spiro atoms. The molecule has 0 saturated heterocycles. The van der Waals surface area contributed by atoms with Crippen molar-refractivity contribution in [2.45, 2.75) is 69.0 Å². The number of carbonyl (C=O) groups is 3. The Morgan fingerprint density at radius 3 is 2.39 bits per heavy atom. The Labute approximate surface area is 227 Å². The van der Waals surface area contributed by atoms with Gasteiger partial charge < -0.3 is 15.0 Å². The summed E-state index contributed by atoms with van der Waals surface area (Å²) in [4.78, 5) is 40.4. The summed E-state index contributed by atoms with van der Waals surface area (Å²) in [5.41, 5.74) is 1.14. The van der Waals surface area contributed by atoms with E-state index in [1.54, 1.807) is 31.2 Å². The van der Waals surface area contributed by atoms with Crippen LogP contribution < -0.4 is 5.32 Å². The lowest BCUT2D eigenvalue weighted by Gasteiger charge is -2.36. The number of esters is 1. The molecule has 3 amide bonds. The van der Waals surface area contributed by atoms with Gasteiger partial charge in [-0.3, -0.25) is 9.59 Å². The molecule has 2 aliphatic carbocycles. The molecule has 38 heavy (non-hydrogen) atoms. The number of amides is 3. The first kappa shape index (κ1) is 26.5. The van der Waals surface area contributed by atoms with Crippen molar-refractivity contribution in [2.24, 2.45) is 5.92 Å². The Kier molecular flexibility index (Phi) is 7.37. The summed E-state index contributed by atoms with van der Waals surface area (Å²) in [6.45, 7) is 1.94. The molecule has 11 heteroatoms. The smallest absolute Gasteiger partial charge is 0.336 e. The van der Waals surface area contributed by atoms with E-state index < -0.39 is 16.1 Å². The first-order valence-electron chi connectivity index (χ1n) is 12.9. The average molecular weight is 560 g/mol.